The first-order valence-electron chi connectivity index (χ1n) is 11.1. The van der Waals surface area contributed by atoms with Crippen LogP contribution in [-0.2, 0) is 11.3 Å². The molecule has 1 atom stereocenters. The van der Waals surface area contributed by atoms with Gasteiger partial charge in [0, 0.05) is 24.3 Å². The summed E-state index contributed by atoms with van der Waals surface area (Å²) < 4.78 is 55.6. The minimum absolute atomic E-state index is 0.0619. The molecule has 36 heavy (non-hydrogen) atoms. The third-order valence-corrected chi connectivity index (χ3v) is 5.94. The maximum Gasteiger partial charge on any atom is 0.255 e. The molecule has 1 unspecified atom stereocenters. The zero-order valence-corrected chi connectivity index (χ0v) is 19.3. The maximum absolute atomic E-state index is 15.2. The number of methoxy groups -OCH3 is 1. The number of nitrogens with two attached hydrogens (primary N) is 2. The number of benzene rings is 2. The normalized spacial score (nSPS) is 15.5. The summed E-state index contributed by atoms with van der Waals surface area (Å²) in [7, 11) is 1.31. The third kappa shape index (κ3) is 4.71. The van der Waals surface area contributed by atoms with Crippen molar-refractivity contribution in [1.29, 1.82) is 0 Å². The predicted octanol–water partition coefficient (Wildman–Crippen LogP) is 2.94. The number of amides is 2. The van der Waals surface area contributed by atoms with Crippen LogP contribution in [0.3, 0.4) is 0 Å². The predicted molar refractivity (Wildman–Crippen MR) is 124 cm³/mol. The summed E-state index contributed by atoms with van der Waals surface area (Å²) in [4.78, 5) is 24.6. The Morgan fingerprint density at radius 2 is 2.00 bits per heavy atom. The second kappa shape index (κ2) is 10.3. The lowest BCUT2D eigenvalue weighted by Crippen LogP contribution is -2.24. The molecule has 1 aliphatic rings. The fraction of sp³-hybridized carbons (Fsp3) is 0.292. The monoisotopic (exact) mass is 503 g/mol. The molecule has 2 heterocycles. The van der Waals surface area contributed by atoms with E-state index in [1.54, 1.807) is 0 Å². The second-order valence-electron chi connectivity index (χ2n) is 8.22. The fourth-order valence-corrected chi connectivity index (χ4v) is 4.11. The van der Waals surface area contributed by atoms with Gasteiger partial charge in [-0.3, -0.25) is 9.59 Å². The van der Waals surface area contributed by atoms with Crippen LogP contribution in [0.5, 0.6) is 5.75 Å². The number of nitrogens with zero attached hydrogens (tertiary/aromatic N) is 2. The molecule has 190 valence electrons. The molecule has 0 radical (unpaired) electrons. The van der Waals surface area contributed by atoms with Gasteiger partial charge < -0.3 is 26.3 Å². The molecule has 9 nitrogen and oxygen atoms in total. The summed E-state index contributed by atoms with van der Waals surface area (Å²) in [6.07, 6.45) is 1.42. The summed E-state index contributed by atoms with van der Waals surface area (Å²) in [6.45, 7) is 0.479. The molecule has 5 N–H and O–H groups in total. The van der Waals surface area contributed by atoms with Crippen LogP contribution in [0, 0.1) is 17.5 Å². The first-order chi connectivity index (χ1) is 17.2. The average Bonchev–Trinajstić information content (AvgIpc) is 3.22. The molecule has 1 fully saturated rings. The molecule has 3 aromatic rings. The molecule has 1 aliphatic heterocycles. The molecular weight excluding hydrogens is 479 g/mol. The van der Waals surface area contributed by atoms with Crippen molar-refractivity contribution in [2.24, 2.45) is 5.73 Å². The van der Waals surface area contributed by atoms with Crippen LogP contribution < -0.4 is 21.5 Å². The SMILES string of the molecule is COc1ccc(F)cc1C(=O)NCc1ccc(-c2nn(C3CCCOC3)c(N)c2C(N)=O)c(F)c1F. The van der Waals surface area contributed by atoms with Crippen LogP contribution in [0.2, 0.25) is 0 Å². The van der Waals surface area contributed by atoms with E-state index in [2.05, 4.69) is 10.4 Å². The summed E-state index contributed by atoms with van der Waals surface area (Å²) in [5.41, 5.74) is 10.6. The number of rotatable bonds is 7. The van der Waals surface area contributed by atoms with E-state index in [4.69, 9.17) is 20.9 Å². The van der Waals surface area contributed by atoms with Gasteiger partial charge in [-0.25, -0.2) is 17.9 Å². The molecule has 1 aromatic heterocycles. The Morgan fingerprint density at radius 1 is 1.22 bits per heavy atom. The number of halogens is 3. The van der Waals surface area contributed by atoms with Crippen molar-refractivity contribution in [2.75, 3.05) is 26.1 Å². The number of carbonyl (C=O) groups is 2. The first kappa shape index (κ1) is 25.0. The third-order valence-electron chi connectivity index (χ3n) is 5.94. The van der Waals surface area contributed by atoms with E-state index in [1.165, 1.54) is 30.0 Å². The van der Waals surface area contributed by atoms with Gasteiger partial charge in [0.25, 0.3) is 11.8 Å². The summed E-state index contributed by atoms with van der Waals surface area (Å²) in [5.74, 6) is -4.84. The zero-order valence-electron chi connectivity index (χ0n) is 19.3. The van der Waals surface area contributed by atoms with Crippen molar-refractivity contribution in [3.8, 4) is 17.0 Å². The molecular formula is C24H24F3N5O4. The minimum atomic E-state index is -1.29. The molecule has 2 aromatic carbocycles. The maximum atomic E-state index is 15.2. The van der Waals surface area contributed by atoms with Gasteiger partial charge >= 0.3 is 0 Å². The van der Waals surface area contributed by atoms with Crippen molar-refractivity contribution in [3.05, 3.63) is 64.5 Å². The Hall–Kier alpha value is -4.06. The molecule has 12 heteroatoms. The highest BCUT2D eigenvalue weighted by atomic mass is 19.2. The van der Waals surface area contributed by atoms with E-state index in [9.17, 15) is 18.4 Å². The lowest BCUT2D eigenvalue weighted by Gasteiger charge is -2.23. The van der Waals surface area contributed by atoms with Crippen LogP contribution >= 0.6 is 0 Å². The van der Waals surface area contributed by atoms with Crippen molar-refractivity contribution >= 4 is 17.6 Å². The summed E-state index contributed by atoms with van der Waals surface area (Å²) >= 11 is 0. The van der Waals surface area contributed by atoms with Gasteiger partial charge in [-0.05, 0) is 37.1 Å². The number of anilines is 1. The number of ether oxygens (including phenoxy) is 2. The number of carbonyl (C=O) groups excluding carboxylic acids is 2. The molecule has 0 aliphatic carbocycles. The highest BCUT2D eigenvalue weighted by Gasteiger charge is 2.29. The van der Waals surface area contributed by atoms with Gasteiger partial charge in [0.1, 0.15) is 28.6 Å². The van der Waals surface area contributed by atoms with Crippen LogP contribution in [0.15, 0.2) is 30.3 Å². The molecule has 1 saturated heterocycles. The lowest BCUT2D eigenvalue weighted by atomic mass is 10.0. The van der Waals surface area contributed by atoms with Gasteiger partial charge in [0.2, 0.25) is 0 Å². The summed E-state index contributed by atoms with van der Waals surface area (Å²) in [6, 6.07) is 5.54. The Labute approximate surface area is 204 Å². The Balaban J connectivity index is 1.62. The van der Waals surface area contributed by atoms with E-state index in [1.807, 2.05) is 0 Å². The molecule has 2 amide bonds. The van der Waals surface area contributed by atoms with Crippen LogP contribution in [-0.4, -0.2) is 41.9 Å². The van der Waals surface area contributed by atoms with Crippen LogP contribution in [0.25, 0.3) is 11.3 Å². The number of nitrogen functional groups attached to an aromatic ring is 1. The van der Waals surface area contributed by atoms with Crippen molar-refractivity contribution in [2.45, 2.75) is 25.4 Å². The lowest BCUT2D eigenvalue weighted by molar-refractivity contribution is 0.0558. The van der Waals surface area contributed by atoms with Crippen LogP contribution in [0.4, 0.5) is 19.0 Å². The van der Waals surface area contributed by atoms with Crippen LogP contribution in [0.1, 0.15) is 45.2 Å². The van der Waals surface area contributed by atoms with Gasteiger partial charge in [-0.15, -0.1) is 0 Å². The quantitative estimate of drug-likeness (QED) is 0.454. The number of primary amides is 1. The highest BCUT2D eigenvalue weighted by Crippen LogP contribution is 2.34. The number of hydrogen-bond acceptors (Lipinski definition) is 6. The Morgan fingerprint density at radius 3 is 2.67 bits per heavy atom. The molecule has 4 rings (SSSR count). The summed E-state index contributed by atoms with van der Waals surface area (Å²) in [5, 5.41) is 6.69. The molecule has 0 spiro atoms. The average molecular weight is 503 g/mol. The van der Waals surface area contributed by atoms with Gasteiger partial charge in [-0.1, -0.05) is 6.07 Å². The van der Waals surface area contributed by atoms with E-state index >= 15 is 4.39 Å². The van der Waals surface area contributed by atoms with E-state index < -0.39 is 35.8 Å². The van der Waals surface area contributed by atoms with Gasteiger partial charge in [0.05, 0.1) is 25.3 Å². The largest absolute Gasteiger partial charge is 0.496 e. The molecule has 0 bridgehead atoms. The molecule has 0 saturated carbocycles. The minimum Gasteiger partial charge on any atom is -0.496 e. The second-order valence-corrected chi connectivity index (χ2v) is 8.22. The fourth-order valence-electron chi connectivity index (χ4n) is 4.11. The standard InChI is InChI=1S/C24H24F3N5O4/c1-35-17-7-5-13(25)9-16(17)24(34)30-10-12-4-6-15(20(27)19(12)26)21-18(23(29)33)22(28)32(31-21)14-3-2-8-36-11-14/h4-7,9,14H,2-3,8,10-11,28H2,1H3,(H2,29,33)(H,30,34). The van der Waals surface area contributed by atoms with Crippen molar-refractivity contribution in [1.82, 2.24) is 15.1 Å². The first-order valence-corrected chi connectivity index (χ1v) is 11.1. The van der Waals surface area contributed by atoms with Crippen molar-refractivity contribution < 1.29 is 32.2 Å². The van der Waals surface area contributed by atoms with Crippen molar-refractivity contribution in [3.63, 3.8) is 0 Å². The highest BCUT2D eigenvalue weighted by molar-refractivity contribution is 6.03. The topological polar surface area (TPSA) is 134 Å². The van der Waals surface area contributed by atoms with Gasteiger partial charge in [-0.2, -0.15) is 5.10 Å². The van der Waals surface area contributed by atoms with E-state index in [0.29, 0.717) is 19.6 Å². The zero-order chi connectivity index (χ0) is 26.0. The van der Waals surface area contributed by atoms with E-state index in [0.717, 1.165) is 18.6 Å². The number of aromatic nitrogens is 2. The number of nitrogens with one attached hydrogen (secondary N) is 1. The van der Waals surface area contributed by atoms with E-state index in [-0.39, 0.29) is 45.6 Å². The smallest absolute Gasteiger partial charge is 0.255 e. The Kier molecular flexibility index (Phi) is 7.15. The van der Waals surface area contributed by atoms with Gasteiger partial charge in [0.15, 0.2) is 11.6 Å². The number of hydrogen-bond donors (Lipinski definition) is 3. The Bertz CT molecular complexity index is 1320.